The van der Waals surface area contributed by atoms with Gasteiger partial charge in [0.1, 0.15) is 11.9 Å². The number of amides is 1. The number of carboxylic acid groups (broad SMARTS) is 1. The van der Waals surface area contributed by atoms with Crippen LogP contribution in [0.5, 0.6) is 0 Å². The van der Waals surface area contributed by atoms with Crippen molar-refractivity contribution in [2.24, 2.45) is 5.92 Å². The summed E-state index contributed by atoms with van der Waals surface area (Å²) >= 11 is 3.11. The minimum atomic E-state index is -1.03. The van der Waals surface area contributed by atoms with Crippen LogP contribution in [0.1, 0.15) is 13.8 Å². The fourth-order valence-corrected chi connectivity index (χ4v) is 1.93. The summed E-state index contributed by atoms with van der Waals surface area (Å²) in [6.07, 6.45) is 0. The lowest BCUT2D eigenvalue weighted by molar-refractivity contribution is -0.140. The van der Waals surface area contributed by atoms with Crippen molar-refractivity contribution in [3.05, 3.63) is 28.5 Å². The van der Waals surface area contributed by atoms with E-state index in [0.717, 1.165) is 0 Å². The van der Waals surface area contributed by atoms with Gasteiger partial charge in [0.05, 0.1) is 12.2 Å². The van der Waals surface area contributed by atoms with E-state index in [-0.39, 0.29) is 18.2 Å². The molecule has 0 bridgehead atoms. The molecule has 0 spiro atoms. The van der Waals surface area contributed by atoms with Crippen molar-refractivity contribution in [2.45, 2.75) is 19.9 Å². The monoisotopic (exact) mass is 346 g/mol. The summed E-state index contributed by atoms with van der Waals surface area (Å²) in [5.74, 6) is -2.25. The van der Waals surface area contributed by atoms with Crippen molar-refractivity contribution in [2.75, 3.05) is 11.9 Å². The second-order valence-electron chi connectivity index (χ2n) is 4.61. The van der Waals surface area contributed by atoms with Crippen LogP contribution < -0.4 is 10.6 Å². The second kappa shape index (κ2) is 7.35. The molecule has 110 valence electrons. The third-order valence-electron chi connectivity index (χ3n) is 2.62. The van der Waals surface area contributed by atoms with Gasteiger partial charge in [-0.2, -0.15) is 0 Å². The van der Waals surface area contributed by atoms with Gasteiger partial charge in [-0.1, -0.05) is 29.8 Å². The zero-order valence-corrected chi connectivity index (χ0v) is 12.7. The molecule has 1 rings (SSSR count). The number of halogens is 2. The molecule has 1 aromatic rings. The largest absolute Gasteiger partial charge is 0.480 e. The molecule has 5 nitrogen and oxygen atoms in total. The highest BCUT2D eigenvalue weighted by atomic mass is 79.9. The number of carbonyl (C=O) groups is 2. The Hall–Kier alpha value is -1.47. The van der Waals surface area contributed by atoms with Crippen LogP contribution in [-0.2, 0) is 9.59 Å². The fourth-order valence-electron chi connectivity index (χ4n) is 1.60. The number of nitrogens with one attached hydrogen (secondary N) is 2. The number of benzene rings is 1. The van der Waals surface area contributed by atoms with Crippen molar-refractivity contribution in [1.29, 1.82) is 0 Å². The molecule has 0 radical (unpaired) electrons. The quantitative estimate of drug-likeness (QED) is 0.737. The molecule has 0 aliphatic rings. The molecule has 3 N–H and O–H groups in total. The highest BCUT2D eigenvalue weighted by molar-refractivity contribution is 9.10. The highest BCUT2D eigenvalue weighted by Crippen LogP contribution is 2.19. The van der Waals surface area contributed by atoms with Crippen LogP contribution in [0.25, 0.3) is 0 Å². The van der Waals surface area contributed by atoms with Gasteiger partial charge in [-0.3, -0.25) is 14.9 Å². The molecule has 0 fully saturated rings. The predicted molar refractivity (Wildman–Crippen MR) is 77.0 cm³/mol. The van der Waals surface area contributed by atoms with Crippen LogP contribution in [0, 0.1) is 11.7 Å². The summed E-state index contributed by atoms with van der Waals surface area (Å²) in [5, 5.41) is 14.0. The van der Waals surface area contributed by atoms with Crippen LogP contribution in [0.3, 0.4) is 0 Å². The molecule has 0 aromatic heterocycles. The Kier molecular flexibility index (Phi) is 6.09. The molecule has 1 unspecified atom stereocenters. The first kappa shape index (κ1) is 16.6. The molecular formula is C13H16BrFN2O3. The van der Waals surface area contributed by atoms with Crippen LogP contribution >= 0.6 is 15.9 Å². The van der Waals surface area contributed by atoms with Crippen molar-refractivity contribution in [3.8, 4) is 0 Å². The summed E-state index contributed by atoms with van der Waals surface area (Å²) in [6, 6.07) is 3.43. The maximum atomic E-state index is 13.5. The molecule has 0 heterocycles. The SMILES string of the molecule is CC(C)C(NCC(=O)Nc1ccc(Br)cc1F)C(=O)O. The van der Waals surface area contributed by atoms with E-state index in [1.54, 1.807) is 19.9 Å². The van der Waals surface area contributed by atoms with E-state index in [0.29, 0.717) is 4.47 Å². The van der Waals surface area contributed by atoms with Crippen LogP contribution in [0.4, 0.5) is 10.1 Å². The fraction of sp³-hybridized carbons (Fsp3) is 0.385. The van der Waals surface area contributed by atoms with Gasteiger partial charge in [0.2, 0.25) is 5.91 Å². The molecular weight excluding hydrogens is 331 g/mol. The topological polar surface area (TPSA) is 78.4 Å². The van der Waals surface area contributed by atoms with E-state index in [2.05, 4.69) is 26.6 Å². The maximum absolute atomic E-state index is 13.5. The minimum Gasteiger partial charge on any atom is -0.480 e. The molecule has 1 aromatic carbocycles. The molecule has 0 saturated carbocycles. The third kappa shape index (κ3) is 4.90. The first-order chi connectivity index (χ1) is 9.31. The zero-order chi connectivity index (χ0) is 15.3. The molecule has 0 saturated heterocycles. The van der Waals surface area contributed by atoms with Gasteiger partial charge in [0.15, 0.2) is 0 Å². The average Bonchev–Trinajstić information content (AvgIpc) is 2.32. The molecule has 0 aliphatic heterocycles. The van der Waals surface area contributed by atoms with Gasteiger partial charge in [-0.05, 0) is 24.1 Å². The van der Waals surface area contributed by atoms with E-state index in [1.807, 2.05) is 0 Å². The Morgan fingerprint density at radius 2 is 2.05 bits per heavy atom. The Labute approximate surface area is 124 Å². The lowest BCUT2D eigenvalue weighted by Gasteiger charge is -2.17. The Balaban J connectivity index is 2.57. The highest BCUT2D eigenvalue weighted by Gasteiger charge is 2.21. The van der Waals surface area contributed by atoms with E-state index in [1.165, 1.54) is 12.1 Å². The summed E-state index contributed by atoms with van der Waals surface area (Å²) in [6.45, 7) is 3.26. The first-order valence-corrected chi connectivity index (χ1v) is 6.81. The number of anilines is 1. The number of carbonyl (C=O) groups excluding carboxylic acids is 1. The van der Waals surface area contributed by atoms with Crippen LogP contribution in [0.2, 0.25) is 0 Å². The van der Waals surface area contributed by atoms with Crippen molar-refractivity contribution >= 4 is 33.5 Å². The summed E-state index contributed by atoms with van der Waals surface area (Å²) in [5.41, 5.74) is 0.0522. The van der Waals surface area contributed by atoms with Crippen LogP contribution in [-0.4, -0.2) is 29.6 Å². The number of carboxylic acids is 1. The maximum Gasteiger partial charge on any atom is 0.320 e. The lowest BCUT2D eigenvalue weighted by atomic mass is 10.1. The van der Waals surface area contributed by atoms with Gasteiger partial charge in [-0.15, -0.1) is 0 Å². The van der Waals surface area contributed by atoms with Gasteiger partial charge < -0.3 is 10.4 Å². The van der Waals surface area contributed by atoms with E-state index < -0.39 is 23.7 Å². The van der Waals surface area contributed by atoms with Gasteiger partial charge in [0.25, 0.3) is 0 Å². The summed E-state index contributed by atoms with van der Waals surface area (Å²) < 4.78 is 14.1. The van der Waals surface area contributed by atoms with E-state index in [9.17, 15) is 14.0 Å². The number of hydrogen-bond acceptors (Lipinski definition) is 3. The summed E-state index contributed by atoms with van der Waals surface area (Å²) in [7, 11) is 0. The summed E-state index contributed by atoms with van der Waals surface area (Å²) in [4.78, 5) is 22.6. The van der Waals surface area contributed by atoms with Crippen molar-refractivity contribution in [3.63, 3.8) is 0 Å². The number of rotatable bonds is 6. The first-order valence-electron chi connectivity index (χ1n) is 6.02. The Morgan fingerprint density at radius 3 is 2.55 bits per heavy atom. The zero-order valence-electron chi connectivity index (χ0n) is 11.1. The predicted octanol–water partition coefficient (Wildman–Crippen LogP) is 2.23. The smallest absolute Gasteiger partial charge is 0.320 e. The number of aliphatic carboxylic acids is 1. The van der Waals surface area contributed by atoms with Crippen molar-refractivity contribution < 1.29 is 19.1 Å². The molecule has 1 atom stereocenters. The lowest BCUT2D eigenvalue weighted by Crippen LogP contribution is -2.44. The molecule has 0 aliphatic carbocycles. The van der Waals surface area contributed by atoms with Gasteiger partial charge >= 0.3 is 5.97 Å². The number of hydrogen-bond donors (Lipinski definition) is 3. The second-order valence-corrected chi connectivity index (χ2v) is 5.53. The standard InChI is InChI=1S/C13H16BrFN2O3/c1-7(2)12(13(19)20)16-6-11(18)17-10-4-3-8(14)5-9(10)15/h3-5,7,12,16H,6H2,1-2H3,(H,17,18)(H,19,20). The Bertz CT molecular complexity index is 508. The molecule has 20 heavy (non-hydrogen) atoms. The molecule has 1 amide bonds. The third-order valence-corrected chi connectivity index (χ3v) is 3.11. The normalized spacial score (nSPS) is 12.2. The van der Waals surface area contributed by atoms with Crippen LogP contribution in [0.15, 0.2) is 22.7 Å². The molecule has 7 heteroatoms. The Morgan fingerprint density at radius 1 is 1.40 bits per heavy atom. The van der Waals surface area contributed by atoms with Crippen molar-refractivity contribution in [1.82, 2.24) is 5.32 Å². The van der Waals surface area contributed by atoms with E-state index in [4.69, 9.17) is 5.11 Å². The minimum absolute atomic E-state index is 0.0522. The van der Waals surface area contributed by atoms with E-state index >= 15 is 0 Å². The van der Waals surface area contributed by atoms with Gasteiger partial charge in [-0.25, -0.2) is 4.39 Å². The van der Waals surface area contributed by atoms with Gasteiger partial charge in [0, 0.05) is 4.47 Å². The average molecular weight is 347 g/mol.